The van der Waals surface area contributed by atoms with Gasteiger partial charge in [-0.05, 0) is 26.8 Å². The average molecular weight is 253 g/mol. The van der Waals surface area contributed by atoms with Crippen molar-refractivity contribution in [2.24, 2.45) is 7.05 Å². The zero-order valence-electron chi connectivity index (χ0n) is 11.2. The molecule has 0 spiro atoms. The van der Waals surface area contributed by atoms with Crippen molar-refractivity contribution in [3.8, 4) is 0 Å². The van der Waals surface area contributed by atoms with E-state index in [1.807, 2.05) is 20.8 Å². The van der Waals surface area contributed by atoms with Gasteiger partial charge in [0.25, 0.3) is 0 Å². The average Bonchev–Trinajstić information content (AvgIpc) is 2.57. The summed E-state index contributed by atoms with van der Waals surface area (Å²) in [5, 5.41) is 14.4. The molecule has 0 radical (unpaired) electrons. The summed E-state index contributed by atoms with van der Waals surface area (Å²) in [6.45, 7) is 5.89. The summed E-state index contributed by atoms with van der Waals surface area (Å²) in [5.74, 6) is 0. The second-order valence-corrected chi connectivity index (χ2v) is 5.74. The van der Waals surface area contributed by atoms with Crippen LogP contribution in [0.2, 0.25) is 0 Å². The van der Waals surface area contributed by atoms with Gasteiger partial charge in [0.2, 0.25) is 0 Å². The second kappa shape index (κ2) is 3.98. The molecule has 2 rings (SSSR count). The van der Waals surface area contributed by atoms with Crippen molar-refractivity contribution in [3.05, 3.63) is 18.0 Å². The number of aryl methyl sites for hydroxylation is 1. The summed E-state index contributed by atoms with van der Waals surface area (Å²) < 4.78 is 6.85. The maximum atomic E-state index is 11.7. The molecule has 1 fully saturated rings. The Kier molecular flexibility index (Phi) is 2.85. The Morgan fingerprint density at radius 2 is 2.11 bits per heavy atom. The molecular weight excluding hydrogens is 234 g/mol. The van der Waals surface area contributed by atoms with Crippen LogP contribution < -0.4 is 0 Å². The third-order valence-electron chi connectivity index (χ3n) is 2.75. The van der Waals surface area contributed by atoms with Gasteiger partial charge >= 0.3 is 6.09 Å². The standard InChI is InChI=1S/C12H19N3O3/c1-11(2,3)18-10(16)15-7-12(17,8-15)9-5-6-14(4)13-9/h5-6,17H,7-8H2,1-4H3. The lowest BCUT2D eigenvalue weighted by molar-refractivity contribution is -0.106. The van der Waals surface area contributed by atoms with Gasteiger partial charge in [-0.15, -0.1) is 0 Å². The number of carbonyl (C=O) groups is 1. The molecule has 6 nitrogen and oxygen atoms in total. The minimum Gasteiger partial charge on any atom is -0.444 e. The fraction of sp³-hybridized carbons (Fsp3) is 0.667. The number of aliphatic hydroxyl groups is 1. The van der Waals surface area contributed by atoms with E-state index >= 15 is 0 Å². The summed E-state index contributed by atoms with van der Waals surface area (Å²) in [5.41, 5.74) is -0.974. The molecular formula is C12H19N3O3. The molecule has 1 amide bonds. The highest BCUT2D eigenvalue weighted by Gasteiger charge is 2.47. The molecule has 1 aliphatic rings. The molecule has 0 aromatic carbocycles. The van der Waals surface area contributed by atoms with E-state index in [2.05, 4.69) is 5.10 Å². The Morgan fingerprint density at radius 3 is 2.56 bits per heavy atom. The molecule has 0 unspecified atom stereocenters. The summed E-state index contributed by atoms with van der Waals surface area (Å²) in [6, 6.07) is 1.76. The van der Waals surface area contributed by atoms with Crippen LogP contribution in [-0.2, 0) is 17.4 Å². The molecule has 0 bridgehead atoms. The lowest BCUT2D eigenvalue weighted by atomic mass is 9.91. The lowest BCUT2D eigenvalue weighted by Gasteiger charge is -2.45. The third kappa shape index (κ3) is 2.48. The van der Waals surface area contributed by atoms with Crippen LogP contribution in [0.4, 0.5) is 4.79 Å². The van der Waals surface area contributed by atoms with Crippen molar-refractivity contribution in [2.45, 2.75) is 32.0 Å². The number of likely N-dealkylation sites (tertiary alicyclic amines) is 1. The zero-order valence-corrected chi connectivity index (χ0v) is 11.2. The Hall–Kier alpha value is -1.56. The van der Waals surface area contributed by atoms with E-state index in [9.17, 15) is 9.90 Å². The number of carbonyl (C=O) groups excluding carboxylic acids is 1. The number of hydrogen-bond donors (Lipinski definition) is 1. The largest absolute Gasteiger partial charge is 0.444 e. The van der Waals surface area contributed by atoms with Crippen LogP contribution in [0.15, 0.2) is 12.3 Å². The topological polar surface area (TPSA) is 67.6 Å². The fourth-order valence-corrected chi connectivity index (χ4v) is 1.87. The number of β-amino-alcohol motifs (C(OH)–C–C–N with tert-alkyl or cyclic N) is 1. The normalized spacial score (nSPS) is 18.4. The highest BCUT2D eigenvalue weighted by Crippen LogP contribution is 2.31. The maximum absolute atomic E-state index is 11.7. The van der Waals surface area contributed by atoms with Crippen molar-refractivity contribution < 1.29 is 14.6 Å². The molecule has 0 saturated carbocycles. The predicted molar refractivity (Wildman–Crippen MR) is 64.9 cm³/mol. The van der Waals surface area contributed by atoms with E-state index in [0.717, 1.165) is 0 Å². The second-order valence-electron chi connectivity index (χ2n) is 5.74. The highest BCUT2D eigenvalue weighted by molar-refractivity contribution is 5.69. The van der Waals surface area contributed by atoms with Crippen LogP contribution in [-0.4, -0.2) is 44.6 Å². The third-order valence-corrected chi connectivity index (χ3v) is 2.75. The van der Waals surface area contributed by atoms with Gasteiger partial charge in [-0.1, -0.05) is 0 Å². The minimum absolute atomic E-state index is 0.221. The van der Waals surface area contributed by atoms with Gasteiger partial charge in [-0.2, -0.15) is 5.10 Å². The van der Waals surface area contributed by atoms with Gasteiger partial charge in [-0.25, -0.2) is 4.79 Å². The summed E-state index contributed by atoms with van der Waals surface area (Å²) in [7, 11) is 1.79. The lowest BCUT2D eigenvalue weighted by Crippen LogP contribution is -2.62. The first kappa shape index (κ1) is 12.9. The highest BCUT2D eigenvalue weighted by atomic mass is 16.6. The predicted octanol–water partition coefficient (Wildman–Crippen LogP) is 0.858. The Balaban J connectivity index is 1.95. The number of aromatic nitrogens is 2. The minimum atomic E-state index is -1.04. The smallest absolute Gasteiger partial charge is 0.410 e. The van der Waals surface area contributed by atoms with Crippen molar-refractivity contribution in [1.82, 2.24) is 14.7 Å². The van der Waals surface area contributed by atoms with E-state index in [-0.39, 0.29) is 13.1 Å². The van der Waals surface area contributed by atoms with Gasteiger partial charge in [0, 0.05) is 13.2 Å². The molecule has 1 N–H and O–H groups in total. The molecule has 18 heavy (non-hydrogen) atoms. The van der Waals surface area contributed by atoms with E-state index < -0.39 is 17.3 Å². The Labute approximate surface area is 106 Å². The van der Waals surface area contributed by atoms with Gasteiger partial charge in [0.1, 0.15) is 11.2 Å². The summed E-state index contributed by atoms with van der Waals surface area (Å²) >= 11 is 0. The Bertz CT molecular complexity index is 455. The fourth-order valence-electron chi connectivity index (χ4n) is 1.87. The SMILES string of the molecule is Cn1ccc(C2(O)CN(C(=O)OC(C)(C)C)C2)n1. The molecule has 6 heteroatoms. The van der Waals surface area contributed by atoms with E-state index in [4.69, 9.17) is 4.74 Å². The van der Waals surface area contributed by atoms with E-state index in [1.165, 1.54) is 4.90 Å². The molecule has 1 aromatic heterocycles. The van der Waals surface area contributed by atoms with Crippen LogP contribution in [0.25, 0.3) is 0 Å². The van der Waals surface area contributed by atoms with Crippen molar-refractivity contribution >= 4 is 6.09 Å². The Morgan fingerprint density at radius 1 is 1.50 bits per heavy atom. The maximum Gasteiger partial charge on any atom is 0.410 e. The number of ether oxygens (including phenoxy) is 1. The van der Waals surface area contributed by atoms with Gasteiger partial charge in [0.05, 0.1) is 18.8 Å². The molecule has 100 valence electrons. The first-order valence-corrected chi connectivity index (χ1v) is 5.90. The van der Waals surface area contributed by atoms with Crippen LogP contribution in [0, 0.1) is 0 Å². The van der Waals surface area contributed by atoms with E-state index in [1.54, 1.807) is 24.0 Å². The summed E-state index contributed by atoms with van der Waals surface area (Å²) in [4.78, 5) is 13.2. The van der Waals surface area contributed by atoms with Gasteiger partial charge in [0.15, 0.2) is 0 Å². The molecule has 1 aromatic rings. The molecule has 0 aliphatic carbocycles. The van der Waals surface area contributed by atoms with Gasteiger partial charge < -0.3 is 14.7 Å². The van der Waals surface area contributed by atoms with Crippen molar-refractivity contribution in [3.63, 3.8) is 0 Å². The first-order chi connectivity index (χ1) is 8.20. The van der Waals surface area contributed by atoms with Crippen LogP contribution in [0.5, 0.6) is 0 Å². The molecule has 1 aliphatic heterocycles. The number of nitrogens with zero attached hydrogens (tertiary/aromatic N) is 3. The van der Waals surface area contributed by atoms with Gasteiger partial charge in [-0.3, -0.25) is 4.68 Å². The quantitative estimate of drug-likeness (QED) is 0.806. The molecule has 2 heterocycles. The molecule has 0 atom stereocenters. The molecule has 1 saturated heterocycles. The zero-order chi connectivity index (χ0) is 13.6. The number of amides is 1. The van der Waals surface area contributed by atoms with Crippen molar-refractivity contribution in [1.29, 1.82) is 0 Å². The van der Waals surface area contributed by atoms with E-state index in [0.29, 0.717) is 5.69 Å². The van der Waals surface area contributed by atoms with Crippen LogP contribution in [0.3, 0.4) is 0 Å². The van der Waals surface area contributed by atoms with Crippen LogP contribution >= 0.6 is 0 Å². The summed E-state index contributed by atoms with van der Waals surface area (Å²) in [6.07, 6.45) is 1.37. The number of hydrogen-bond acceptors (Lipinski definition) is 4. The first-order valence-electron chi connectivity index (χ1n) is 5.90. The number of rotatable bonds is 1. The monoisotopic (exact) mass is 253 g/mol. The van der Waals surface area contributed by atoms with Crippen molar-refractivity contribution in [2.75, 3.05) is 13.1 Å². The van der Waals surface area contributed by atoms with Crippen LogP contribution in [0.1, 0.15) is 26.5 Å².